The molecule has 2 N–H and O–H groups in total. The van der Waals surface area contributed by atoms with Gasteiger partial charge in [-0.05, 0) is 43.0 Å². The predicted molar refractivity (Wildman–Crippen MR) is 85.0 cm³/mol. The summed E-state index contributed by atoms with van der Waals surface area (Å²) in [5.41, 5.74) is 0.492. The molecule has 114 valence electrons. The highest BCUT2D eigenvalue weighted by atomic mass is 32.2. The monoisotopic (exact) mass is 306 g/mol. The number of thioether (sulfide) groups is 1. The van der Waals surface area contributed by atoms with Crippen molar-refractivity contribution >= 4 is 17.7 Å². The number of hydrogen-bond acceptors (Lipinski definition) is 4. The molecule has 5 heteroatoms. The van der Waals surface area contributed by atoms with Crippen LogP contribution in [-0.4, -0.2) is 29.4 Å². The summed E-state index contributed by atoms with van der Waals surface area (Å²) >= 11 is 1.44. The maximum atomic E-state index is 11.8. The van der Waals surface area contributed by atoms with Crippen molar-refractivity contribution < 1.29 is 9.90 Å². The van der Waals surface area contributed by atoms with Crippen molar-refractivity contribution in [3.05, 3.63) is 29.8 Å². The van der Waals surface area contributed by atoms with E-state index in [0.717, 1.165) is 4.90 Å². The molecule has 0 aliphatic carbocycles. The van der Waals surface area contributed by atoms with E-state index in [4.69, 9.17) is 5.26 Å². The number of hydrogen-bond donors (Lipinski definition) is 2. The number of carbonyl (C=O) groups excluding carboxylic acids is 1. The molecule has 0 saturated heterocycles. The molecule has 1 atom stereocenters. The molecule has 1 amide bonds. The van der Waals surface area contributed by atoms with Crippen LogP contribution in [0.2, 0.25) is 0 Å². The third-order valence-corrected chi connectivity index (χ3v) is 3.98. The first-order valence-electron chi connectivity index (χ1n) is 6.90. The molecule has 4 nitrogen and oxygen atoms in total. The SMILES string of the molecule is CC(O)CC(C)(C)CNC(=O)CSc1ccc(C#N)cc1. The topological polar surface area (TPSA) is 73.1 Å². The molecule has 1 aromatic carbocycles. The highest BCUT2D eigenvalue weighted by Gasteiger charge is 2.20. The molecule has 0 aromatic heterocycles. The van der Waals surface area contributed by atoms with E-state index < -0.39 is 0 Å². The van der Waals surface area contributed by atoms with Crippen LogP contribution in [0.25, 0.3) is 0 Å². The van der Waals surface area contributed by atoms with E-state index in [1.807, 2.05) is 26.0 Å². The zero-order valence-corrected chi connectivity index (χ0v) is 13.5. The minimum absolute atomic E-state index is 0.0250. The van der Waals surface area contributed by atoms with E-state index in [0.29, 0.717) is 24.3 Å². The van der Waals surface area contributed by atoms with Crippen molar-refractivity contribution in [1.82, 2.24) is 5.32 Å². The fourth-order valence-electron chi connectivity index (χ4n) is 2.04. The normalized spacial score (nSPS) is 12.5. The van der Waals surface area contributed by atoms with Crippen LogP contribution in [0.3, 0.4) is 0 Å². The van der Waals surface area contributed by atoms with Crippen molar-refractivity contribution in [3.8, 4) is 6.07 Å². The maximum Gasteiger partial charge on any atom is 0.230 e. The summed E-state index contributed by atoms with van der Waals surface area (Å²) in [7, 11) is 0. The van der Waals surface area contributed by atoms with E-state index >= 15 is 0 Å². The quantitative estimate of drug-likeness (QED) is 0.759. The first-order chi connectivity index (χ1) is 9.82. The summed E-state index contributed by atoms with van der Waals surface area (Å²) in [4.78, 5) is 12.8. The number of nitriles is 1. The molecule has 0 spiro atoms. The Labute approximate surface area is 130 Å². The van der Waals surface area contributed by atoms with Gasteiger partial charge >= 0.3 is 0 Å². The fraction of sp³-hybridized carbons (Fsp3) is 0.500. The molecule has 1 unspecified atom stereocenters. The summed E-state index contributed by atoms with van der Waals surface area (Å²) in [6.07, 6.45) is 0.278. The summed E-state index contributed by atoms with van der Waals surface area (Å²) in [5.74, 6) is 0.319. The average molecular weight is 306 g/mol. The second-order valence-corrected chi connectivity index (χ2v) is 6.97. The molecular weight excluding hydrogens is 284 g/mol. The van der Waals surface area contributed by atoms with Crippen molar-refractivity contribution in [2.24, 2.45) is 5.41 Å². The minimum Gasteiger partial charge on any atom is -0.393 e. The van der Waals surface area contributed by atoms with Crippen LogP contribution in [-0.2, 0) is 4.79 Å². The van der Waals surface area contributed by atoms with E-state index in [1.165, 1.54) is 11.8 Å². The molecule has 0 saturated carbocycles. The first kappa shape index (κ1) is 17.5. The fourth-order valence-corrected chi connectivity index (χ4v) is 2.76. The number of aliphatic hydroxyl groups is 1. The molecule has 0 aliphatic rings. The number of aliphatic hydroxyl groups excluding tert-OH is 1. The van der Waals surface area contributed by atoms with E-state index in [9.17, 15) is 9.90 Å². The van der Waals surface area contributed by atoms with E-state index in [-0.39, 0.29) is 17.4 Å². The number of amides is 1. The number of nitrogens with one attached hydrogen (secondary N) is 1. The van der Waals surface area contributed by atoms with Crippen LogP contribution in [0.4, 0.5) is 0 Å². The molecule has 0 radical (unpaired) electrons. The Morgan fingerprint density at radius 3 is 2.57 bits per heavy atom. The Morgan fingerprint density at radius 2 is 2.05 bits per heavy atom. The van der Waals surface area contributed by atoms with Crippen molar-refractivity contribution in [3.63, 3.8) is 0 Å². The average Bonchev–Trinajstić information content (AvgIpc) is 2.42. The molecule has 1 aromatic rings. The van der Waals surface area contributed by atoms with Gasteiger partial charge in [0.2, 0.25) is 5.91 Å². The van der Waals surface area contributed by atoms with E-state index in [1.54, 1.807) is 19.1 Å². The summed E-state index contributed by atoms with van der Waals surface area (Å²) in [6, 6.07) is 9.23. The Hall–Kier alpha value is -1.51. The van der Waals surface area contributed by atoms with Crippen LogP contribution in [0.5, 0.6) is 0 Å². The summed E-state index contributed by atoms with van der Waals surface area (Å²) in [5, 5.41) is 21.0. The van der Waals surface area contributed by atoms with Gasteiger partial charge in [0.1, 0.15) is 0 Å². The summed E-state index contributed by atoms with van der Waals surface area (Å²) < 4.78 is 0. The first-order valence-corrected chi connectivity index (χ1v) is 7.89. The van der Waals surface area contributed by atoms with Crippen LogP contribution in [0, 0.1) is 16.7 Å². The largest absolute Gasteiger partial charge is 0.393 e. The van der Waals surface area contributed by atoms with Crippen LogP contribution in [0.1, 0.15) is 32.8 Å². The molecule has 0 heterocycles. The molecule has 0 fully saturated rings. The molecule has 1 rings (SSSR count). The predicted octanol–water partition coefficient (Wildman–Crippen LogP) is 2.56. The van der Waals surface area contributed by atoms with Crippen LogP contribution >= 0.6 is 11.8 Å². The zero-order valence-electron chi connectivity index (χ0n) is 12.7. The third-order valence-electron chi connectivity index (χ3n) is 2.97. The van der Waals surface area contributed by atoms with Crippen molar-refractivity contribution in [1.29, 1.82) is 5.26 Å². The Kier molecular flexibility index (Phi) is 6.73. The lowest BCUT2D eigenvalue weighted by Gasteiger charge is -2.26. The molecular formula is C16H22N2O2S. The Balaban J connectivity index is 2.35. The number of benzene rings is 1. The van der Waals surface area contributed by atoms with Gasteiger partial charge in [-0.25, -0.2) is 0 Å². The lowest BCUT2D eigenvalue weighted by atomic mass is 9.87. The molecule has 0 aliphatic heterocycles. The van der Waals surface area contributed by atoms with Gasteiger partial charge in [-0.15, -0.1) is 11.8 Å². The zero-order chi connectivity index (χ0) is 15.9. The maximum absolute atomic E-state index is 11.8. The van der Waals surface area contributed by atoms with Gasteiger partial charge in [0.15, 0.2) is 0 Å². The second kappa shape index (κ2) is 8.06. The lowest BCUT2D eigenvalue weighted by Crippen LogP contribution is -2.36. The highest BCUT2D eigenvalue weighted by Crippen LogP contribution is 2.21. The molecule has 0 bridgehead atoms. The number of rotatable bonds is 7. The minimum atomic E-state index is -0.370. The van der Waals surface area contributed by atoms with Gasteiger partial charge < -0.3 is 10.4 Å². The molecule has 21 heavy (non-hydrogen) atoms. The van der Waals surface area contributed by atoms with Gasteiger partial charge in [-0.1, -0.05) is 13.8 Å². The van der Waals surface area contributed by atoms with Gasteiger partial charge in [0.25, 0.3) is 0 Å². The number of carbonyl (C=O) groups is 1. The van der Waals surface area contributed by atoms with Gasteiger partial charge in [0, 0.05) is 11.4 Å². The van der Waals surface area contributed by atoms with Crippen LogP contribution < -0.4 is 5.32 Å². The van der Waals surface area contributed by atoms with Crippen molar-refractivity contribution in [2.45, 2.75) is 38.2 Å². The lowest BCUT2D eigenvalue weighted by molar-refractivity contribution is -0.119. The van der Waals surface area contributed by atoms with Gasteiger partial charge in [0.05, 0.1) is 23.5 Å². The second-order valence-electron chi connectivity index (χ2n) is 5.92. The third kappa shape index (κ3) is 7.16. The smallest absolute Gasteiger partial charge is 0.230 e. The van der Waals surface area contributed by atoms with Gasteiger partial charge in [-0.3, -0.25) is 4.79 Å². The standard InChI is InChI=1S/C16H22N2O2S/c1-12(19)8-16(2,3)11-18-15(20)10-21-14-6-4-13(9-17)5-7-14/h4-7,12,19H,8,10-11H2,1-3H3,(H,18,20). The van der Waals surface area contributed by atoms with Crippen molar-refractivity contribution in [2.75, 3.05) is 12.3 Å². The Morgan fingerprint density at radius 1 is 1.43 bits per heavy atom. The van der Waals surface area contributed by atoms with Crippen LogP contribution in [0.15, 0.2) is 29.2 Å². The summed E-state index contributed by atoms with van der Waals surface area (Å²) in [6.45, 7) is 6.34. The van der Waals surface area contributed by atoms with Gasteiger partial charge in [-0.2, -0.15) is 5.26 Å². The highest BCUT2D eigenvalue weighted by molar-refractivity contribution is 8.00. The number of nitrogens with zero attached hydrogens (tertiary/aromatic N) is 1. The Bertz CT molecular complexity index is 504. The van der Waals surface area contributed by atoms with E-state index in [2.05, 4.69) is 11.4 Å².